The maximum atomic E-state index is 4.51. The van der Waals surface area contributed by atoms with Crippen LogP contribution in [0, 0.1) is 0 Å². The fourth-order valence-electron chi connectivity index (χ4n) is 2.19. The van der Waals surface area contributed by atoms with Crippen LogP contribution >= 0.6 is 0 Å². The Balaban J connectivity index is 2.09. The minimum Gasteiger partial charge on any atom is -0.359 e. The summed E-state index contributed by atoms with van der Waals surface area (Å²) in [4.78, 5) is 11.0. The number of pyridine rings is 1. The molecule has 0 aromatic carbocycles. The van der Waals surface area contributed by atoms with E-state index in [1.54, 1.807) is 0 Å². The molecule has 4 nitrogen and oxygen atoms in total. The van der Waals surface area contributed by atoms with E-state index in [0.717, 1.165) is 30.2 Å². The number of likely N-dealkylation sites (N-methyl/N-ethyl adjacent to an activating group) is 1. The van der Waals surface area contributed by atoms with Crippen molar-refractivity contribution in [3.8, 4) is 11.4 Å². The van der Waals surface area contributed by atoms with E-state index >= 15 is 0 Å². The van der Waals surface area contributed by atoms with E-state index in [2.05, 4.69) is 28.0 Å². The molecular formula is C12H14N4. The zero-order valence-corrected chi connectivity index (χ0v) is 9.51. The number of imidazole rings is 1. The fraction of sp³-hybridized carbons (Fsp3) is 0.333. The summed E-state index contributed by atoms with van der Waals surface area (Å²) in [6.45, 7) is 1.06. The number of anilines is 1. The molecule has 0 radical (unpaired) electrons. The first-order valence-corrected chi connectivity index (χ1v) is 5.43. The highest BCUT2D eigenvalue weighted by molar-refractivity contribution is 5.62. The minimum absolute atomic E-state index is 0.977. The van der Waals surface area contributed by atoms with Crippen LogP contribution in [0.3, 0.4) is 0 Å². The fourth-order valence-corrected chi connectivity index (χ4v) is 2.19. The molecule has 0 spiro atoms. The Morgan fingerprint density at radius 1 is 1.25 bits per heavy atom. The van der Waals surface area contributed by atoms with E-state index in [-0.39, 0.29) is 0 Å². The molecule has 4 heteroatoms. The SMILES string of the molecule is CN1CCc2cc(-c3nccn3C)cnc21. The standard InChI is InChI=1S/C12H14N4/c1-15-5-3-9-7-10(8-14-11(9)15)12-13-4-6-16(12)2/h4,6-8H,3,5H2,1-2H3. The van der Waals surface area contributed by atoms with Crippen LogP contribution in [-0.2, 0) is 13.5 Å². The Morgan fingerprint density at radius 2 is 2.12 bits per heavy atom. The van der Waals surface area contributed by atoms with Gasteiger partial charge in [0.1, 0.15) is 11.6 Å². The number of rotatable bonds is 1. The molecule has 82 valence electrons. The zero-order chi connectivity index (χ0) is 11.1. The molecule has 16 heavy (non-hydrogen) atoms. The van der Waals surface area contributed by atoms with E-state index in [4.69, 9.17) is 0 Å². The average molecular weight is 214 g/mol. The zero-order valence-electron chi connectivity index (χ0n) is 9.51. The maximum absolute atomic E-state index is 4.51. The van der Waals surface area contributed by atoms with Crippen molar-refractivity contribution in [2.45, 2.75) is 6.42 Å². The van der Waals surface area contributed by atoms with Crippen LogP contribution in [0.4, 0.5) is 5.82 Å². The molecular weight excluding hydrogens is 200 g/mol. The summed E-state index contributed by atoms with van der Waals surface area (Å²) in [7, 11) is 4.08. The molecule has 0 atom stereocenters. The van der Waals surface area contributed by atoms with Crippen molar-refractivity contribution < 1.29 is 0 Å². The van der Waals surface area contributed by atoms with Gasteiger partial charge in [-0.1, -0.05) is 0 Å². The molecule has 3 rings (SSSR count). The third-order valence-corrected chi connectivity index (χ3v) is 3.10. The van der Waals surface area contributed by atoms with Crippen molar-refractivity contribution >= 4 is 5.82 Å². The van der Waals surface area contributed by atoms with Gasteiger partial charge in [-0.2, -0.15) is 0 Å². The number of fused-ring (bicyclic) bond motifs is 1. The van der Waals surface area contributed by atoms with E-state index in [1.165, 1.54) is 5.56 Å². The van der Waals surface area contributed by atoms with E-state index in [0.29, 0.717) is 0 Å². The summed E-state index contributed by atoms with van der Waals surface area (Å²) >= 11 is 0. The summed E-state index contributed by atoms with van der Waals surface area (Å²) in [5.41, 5.74) is 2.42. The summed E-state index contributed by atoms with van der Waals surface area (Å²) < 4.78 is 2.02. The molecule has 2 aromatic heterocycles. The van der Waals surface area contributed by atoms with Crippen LogP contribution in [0.15, 0.2) is 24.7 Å². The van der Waals surface area contributed by atoms with Crippen LogP contribution in [0.25, 0.3) is 11.4 Å². The second-order valence-corrected chi connectivity index (χ2v) is 4.24. The molecule has 0 saturated carbocycles. The predicted octanol–water partition coefficient (Wildman–Crippen LogP) is 1.47. The van der Waals surface area contributed by atoms with Crippen LogP contribution in [0.1, 0.15) is 5.56 Å². The van der Waals surface area contributed by atoms with Gasteiger partial charge in [-0.3, -0.25) is 0 Å². The van der Waals surface area contributed by atoms with Crippen molar-refractivity contribution in [3.63, 3.8) is 0 Å². The summed E-state index contributed by atoms with van der Waals surface area (Å²) in [5, 5.41) is 0. The number of hydrogen-bond donors (Lipinski definition) is 0. The molecule has 3 heterocycles. The minimum atomic E-state index is 0.977. The van der Waals surface area contributed by atoms with Gasteiger partial charge in [0.2, 0.25) is 0 Å². The average Bonchev–Trinajstić information content (AvgIpc) is 2.86. The van der Waals surface area contributed by atoms with Gasteiger partial charge >= 0.3 is 0 Å². The highest BCUT2D eigenvalue weighted by Gasteiger charge is 2.18. The van der Waals surface area contributed by atoms with Gasteiger partial charge in [-0.05, 0) is 18.1 Å². The first-order valence-electron chi connectivity index (χ1n) is 5.43. The van der Waals surface area contributed by atoms with E-state index < -0.39 is 0 Å². The monoisotopic (exact) mass is 214 g/mol. The van der Waals surface area contributed by atoms with Gasteiger partial charge in [-0.15, -0.1) is 0 Å². The van der Waals surface area contributed by atoms with E-state index in [1.807, 2.05) is 30.2 Å². The largest absolute Gasteiger partial charge is 0.359 e. The number of hydrogen-bond acceptors (Lipinski definition) is 3. The smallest absolute Gasteiger partial charge is 0.141 e. The summed E-state index contributed by atoms with van der Waals surface area (Å²) in [5.74, 6) is 2.09. The maximum Gasteiger partial charge on any atom is 0.141 e. The second kappa shape index (κ2) is 3.33. The third kappa shape index (κ3) is 1.30. The van der Waals surface area contributed by atoms with Crippen LogP contribution in [-0.4, -0.2) is 28.1 Å². The normalized spacial score (nSPS) is 14.2. The predicted molar refractivity (Wildman–Crippen MR) is 63.4 cm³/mol. The van der Waals surface area contributed by atoms with Gasteiger partial charge in [0.25, 0.3) is 0 Å². The molecule has 0 bridgehead atoms. The van der Waals surface area contributed by atoms with Crippen LogP contribution in [0.5, 0.6) is 0 Å². The van der Waals surface area contributed by atoms with Gasteiger partial charge in [-0.25, -0.2) is 9.97 Å². The molecule has 1 aliphatic rings. The lowest BCUT2D eigenvalue weighted by Crippen LogP contribution is -2.13. The van der Waals surface area contributed by atoms with Gasteiger partial charge < -0.3 is 9.47 Å². The first-order chi connectivity index (χ1) is 7.75. The van der Waals surface area contributed by atoms with Crippen molar-refractivity contribution in [2.24, 2.45) is 7.05 Å². The van der Waals surface area contributed by atoms with Gasteiger partial charge in [0, 0.05) is 44.8 Å². The summed E-state index contributed by atoms with van der Waals surface area (Å²) in [6, 6.07) is 2.20. The number of nitrogens with zero attached hydrogens (tertiary/aromatic N) is 4. The lowest BCUT2D eigenvalue weighted by atomic mass is 10.1. The Kier molecular flexibility index (Phi) is 1.96. The number of aromatic nitrogens is 3. The van der Waals surface area contributed by atoms with Gasteiger partial charge in [0.05, 0.1) is 0 Å². The molecule has 0 aliphatic carbocycles. The van der Waals surface area contributed by atoms with Crippen LogP contribution in [0.2, 0.25) is 0 Å². The Bertz CT molecular complexity index is 530. The Morgan fingerprint density at radius 3 is 2.88 bits per heavy atom. The Hall–Kier alpha value is -1.84. The summed E-state index contributed by atoms with van der Waals surface area (Å²) in [6.07, 6.45) is 6.75. The van der Waals surface area contributed by atoms with Crippen molar-refractivity contribution in [1.82, 2.24) is 14.5 Å². The molecule has 0 saturated heterocycles. The molecule has 2 aromatic rings. The topological polar surface area (TPSA) is 34.0 Å². The van der Waals surface area contributed by atoms with Crippen molar-refractivity contribution in [1.29, 1.82) is 0 Å². The molecule has 0 amide bonds. The van der Waals surface area contributed by atoms with E-state index in [9.17, 15) is 0 Å². The second-order valence-electron chi connectivity index (χ2n) is 4.24. The number of aryl methyl sites for hydroxylation is 1. The molecule has 1 aliphatic heterocycles. The van der Waals surface area contributed by atoms with Crippen molar-refractivity contribution in [2.75, 3.05) is 18.5 Å². The lowest BCUT2D eigenvalue weighted by Gasteiger charge is -2.10. The van der Waals surface area contributed by atoms with Crippen molar-refractivity contribution in [3.05, 3.63) is 30.2 Å². The quantitative estimate of drug-likeness (QED) is 0.721. The molecule has 0 fully saturated rings. The third-order valence-electron chi connectivity index (χ3n) is 3.10. The van der Waals surface area contributed by atoms with Gasteiger partial charge in [0.15, 0.2) is 0 Å². The first kappa shape index (κ1) is 9.39. The molecule has 0 unspecified atom stereocenters. The highest BCUT2D eigenvalue weighted by atomic mass is 15.2. The van der Waals surface area contributed by atoms with Crippen LogP contribution < -0.4 is 4.90 Å². The Labute approximate surface area is 94.6 Å². The highest BCUT2D eigenvalue weighted by Crippen LogP contribution is 2.27. The molecule has 0 N–H and O–H groups in total. The lowest BCUT2D eigenvalue weighted by molar-refractivity contribution is 0.923.